The molecule has 28 heavy (non-hydrogen) atoms. The highest BCUT2D eigenvalue weighted by molar-refractivity contribution is 9.10. The zero-order chi connectivity index (χ0) is 19.8. The van der Waals surface area contributed by atoms with Gasteiger partial charge in [-0.15, -0.1) is 11.3 Å². The van der Waals surface area contributed by atoms with Crippen molar-refractivity contribution in [1.29, 1.82) is 0 Å². The van der Waals surface area contributed by atoms with Gasteiger partial charge in [-0.05, 0) is 36.6 Å². The number of halogens is 1. The molecule has 0 unspecified atom stereocenters. The van der Waals surface area contributed by atoms with Crippen molar-refractivity contribution in [3.05, 3.63) is 55.8 Å². The molecule has 0 saturated heterocycles. The molecule has 1 aromatic carbocycles. The zero-order valence-corrected chi connectivity index (χ0v) is 18.2. The van der Waals surface area contributed by atoms with Crippen molar-refractivity contribution in [3.8, 4) is 0 Å². The second-order valence-corrected chi connectivity index (χ2v) is 8.73. The topological polar surface area (TPSA) is 74.3 Å². The predicted molar refractivity (Wildman–Crippen MR) is 114 cm³/mol. The number of benzene rings is 1. The largest absolute Gasteiger partial charge is 0.460 e. The van der Waals surface area contributed by atoms with Gasteiger partial charge in [0.2, 0.25) is 5.76 Å². The summed E-state index contributed by atoms with van der Waals surface area (Å²) in [4.78, 5) is 29.5. The number of thiophene rings is 1. The van der Waals surface area contributed by atoms with Gasteiger partial charge in [0.15, 0.2) is 5.16 Å². The molecular formula is C19H15BrN2O4S2. The minimum Gasteiger partial charge on any atom is -0.460 e. The lowest BCUT2D eigenvalue weighted by molar-refractivity contribution is 0.0491. The van der Waals surface area contributed by atoms with Gasteiger partial charge in [-0.25, -0.2) is 9.78 Å². The minimum absolute atomic E-state index is 0.0760. The summed E-state index contributed by atoms with van der Waals surface area (Å²) in [6.45, 7) is 2.01. The third-order valence-electron chi connectivity index (χ3n) is 4.21. The second kappa shape index (κ2) is 7.73. The first-order valence-corrected chi connectivity index (χ1v) is 11.1. The van der Waals surface area contributed by atoms with Gasteiger partial charge in [-0.2, -0.15) is 0 Å². The van der Waals surface area contributed by atoms with Crippen LogP contribution in [0.4, 0.5) is 0 Å². The Hall–Kier alpha value is -2.10. The van der Waals surface area contributed by atoms with E-state index in [1.165, 1.54) is 27.7 Å². The highest BCUT2D eigenvalue weighted by Crippen LogP contribution is 2.33. The maximum Gasteiger partial charge on any atom is 0.374 e. The number of thioether (sulfide) groups is 1. The number of hydrogen-bond donors (Lipinski definition) is 0. The lowest BCUT2D eigenvalue weighted by Gasteiger charge is -2.07. The van der Waals surface area contributed by atoms with Crippen LogP contribution in [0.25, 0.3) is 21.2 Å². The van der Waals surface area contributed by atoms with E-state index in [1.54, 1.807) is 14.0 Å². The van der Waals surface area contributed by atoms with Gasteiger partial charge in [-0.3, -0.25) is 9.36 Å². The van der Waals surface area contributed by atoms with Crippen molar-refractivity contribution in [3.63, 3.8) is 0 Å². The third-order valence-corrected chi connectivity index (χ3v) is 6.65. The Bertz CT molecular complexity index is 1260. The summed E-state index contributed by atoms with van der Waals surface area (Å²) in [7, 11) is 1.70. The lowest BCUT2D eigenvalue weighted by atomic mass is 10.1. The molecule has 144 valence electrons. The first-order chi connectivity index (χ1) is 13.5. The van der Waals surface area contributed by atoms with E-state index in [9.17, 15) is 9.59 Å². The van der Waals surface area contributed by atoms with E-state index in [4.69, 9.17) is 9.15 Å². The van der Waals surface area contributed by atoms with Crippen LogP contribution in [0.2, 0.25) is 0 Å². The number of fused-ring (bicyclic) bond motifs is 2. The molecule has 0 radical (unpaired) electrons. The van der Waals surface area contributed by atoms with E-state index in [1.807, 2.05) is 29.6 Å². The van der Waals surface area contributed by atoms with Gasteiger partial charge in [0.05, 0.1) is 12.1 Å². The van der Waals surface area contributed by atoms with Crippen LogP contribution in [-0.2, 0) is 17.5 Å². The highest BCUT2D eigenvalue weighted by Gasteiger charge is 2.23. The minimum atomic E-state index is -0.499. The van der Waals surface area contributed by atoms with Crippen molar-refractivity contribution in [1.82, 2.24) is 9.55 Å². The van der Waals surface area contributed by atoms with E-state index in [0.29, 0.717) is 26.7 Å². The molecule has 0 fully saturated rings. The standard InChI is InChI=1S/C19H15BrN2O4S2/c1-3-25-18(24)15-12(11-8-10(20)4-5-14(11)26-15)9-28-19-21-13-6-7-27-16(13)17(23)22(19)2/h4-8H,3,9H2,1-2H3. The van der Waals surface area contributed by atoms with Gasteiger partial charge < -0.3 is 9.15 Å². The van der Waals surface area contributed by atoms with Crippen LogP contribution >= 0.6 is 39.0 Å². The summed E-state index contributed by atoms with van der Waals surface area (Å²) in [5.41, 5.74) is 1.94. The Balaban J connectivity index is 1.76. The normalized spacial score (nSPS) is 11.4. The molecule has 4 rings (SSSR count). The summed E-state index contributed by atoms with van der Waals surface area (Å²) >= 11 is 6.22. The molecule has 0 spiro atoms. The molecule has 0 bridgehead atoms. The maximum absolute atomic E-state index is 12.5. The molecule has 0 aliphatic carbocycles. The number of aromatic nitrogens is 2. The number of nitrogens with zero attached hydrogens (tertiary/aromatic N) is 2. The molecule has 0 aliphatic heterocycles. The average molecular weight is 479 g/mol. The quantitative estimate of drug-likeness (QED) is 0.229. The fourth-order valence-corrected chi connectivity index (χ4v) is 5.03. The monoisotopic (exact) mass is 478 g/mol. The van der Waals surface area contributed by atoms with Crippen LogP contribution in [0.3, 0.4) is 0 Å². The Kier molecular flexibility index (Phi) is 5.31. The number of esters is 1. The van der Waals surface area contributed by atoms with E-state index >= 15 is 0 Å². The van der Waals surface area contributed by atoms with Crippen LogP contribution in [-0.4, -0.2) is 22.1 Å². The fraction of sp³-hybridized carbons (Fsp3) is 0.211. The summed E-state index contributed by atoms with van der Waals surface area (Å²) in [6, 6.07) is 7.40. The Morgan fingerprint density at radius 2 is 2.21 bits per heavy atom. The highest BCUT2D eigenvalue weighted by atomic mass is 79.9. The first kappa shape index (κ1) is 19.2. The number of carbonyl (C=O) groups is 1. The van der Waals surface area contributed by atoms with Gasteiger partial charge in [0.25, 0.3) is 5.56 Å². The summed E-state index contributed by atoms with van der Waals surface area (Å²) in [6.07, 6.45) is 0. The van der Waals surface area contributed by atoms with Gasteiger partial charge in [0, 0.05) is 28.2 Å². The molecule has 0 N–H and O–H groups in total. The maximum atomic E-state index is 12.5. The number of ether oxygens (including phenoxy) is 1. The number of hydrogen-bond acceptors (Lipinski definition) is 7. The molecule has 9 heteroatoms. The molecule has 0 amide bonds. The summed E-state index contributed by atoms with van der Waals surface area (Å²) in [5.74, 6) is 0.0951. The van der Waals surface area contributed by atoms with Gasteiger partial charge >= 0.3 is 5.97 Å². The van der Waals surface area contributed by atoms with Gasteiger partial charge in [0.1, 0.15) is 10.3 Å². The van der Waals surface area contributed by atoms with E-state index in [-0.39, 0.29) is 17.9 Å². The Labute approximate surface area is 176 Å². The zero-order valence-electron chi connectivity index (χ0n) is 15.0. The second-order valence-electron chi connectivity index (χ2n) is 5.95. The van der Waals surface area contributed by atoms with Crippen LogP contribution in [0.1, 0.15) is 23.0 Å². The third kappa shape index (κ3) is 3.38. The number of carbonyl (C=O) groups excluding carboxylic acids is 1. The van der Waals surface area contributed by atoms with Crippen LogP contribution < -0.4 is 5.56 Å². The molecule has 6 nitrogen and oxygen atoms in total. The van der Waals surface area contributed by atoms with Crippen molar-refractivity contribution in [2.45, 2.75) is 17.8 Å². The SMILES string of the molecule is CCOC(=O)c1oc2ccc(Br)cc2c1CSc1nc2ccsc2c(=O)n1C. The Morgan fingerprint density at radius 3 is 3.00 bits per heavy atom. The predicted octanol–water partition coefficient (Wildman–Crippen LogP) is 4.97. The summed E-state index contributed by atoms with van der Waals surface area (Å²) < 4.78 is 14.0. The van der Waals surface area contributed by atoms with E-state index in [0.717, 1.165) is 15.4 Å². The summed E-state index contributed by atoms with van der Waals surface area (Å²) in [5, 5.41) is 3.26. The van der Waals surface area contributed by atoms with Crippen LogP contribution in [0.5, 0.6) is 0 Å². The lowest BCUT2D eigenvalue weighted by Crippen LogP contribution is -2.18. The molecule has 3 heterocycles. The first-order valence-electron chi connectivity index (χ1n) is 8.44. The van der Waals surface area contributed by atoms with Gasteiger partial charge in [-0.1, -0.05) is 27.7 Å². The fourth-order valence-electron chi connectivity index (χ4n) is 2.86. The van der Waals surface area contributed by atoms with Crippen molar-refractivity contribution >= 4 is 66.2 Å². The van der Waals surface area contributed by atoms with E-state index in [2.05, 4.69) is 20.9 Å². The molecule has 0 aliphatic rings. The van der Waals surface area contributed by atoms with Crippen LogP contribution in [0.15, 0.2) is 48.5 Å². The smallest absolute Gasteiger partial charge is 0.374 e. The molecular weight excluding hydrogens is 464 g/mol. The molecule has 3 aromatic heterocycles. The van der Waals surface area contributed by atoms with E-state index < -0.39 is 5.97 Å². The van der Waals surface area contributed by atoms with Crippen LogP contribution in [0, 0.1) is 0 Å². The number of furan rings is 1. The Morgan fingerprint density at radius 1 is 1.39 bits per heavy atom. The molecule has 0 atom stereocenters. The molecule has 4 aromatic rings. The van der Waals surface area contributed by atoms with Crippen molar-refractivity contribution in [2.24, 2.45) is 7.05 Å². The van der Waals surface area contributed by atoms with Crippen molar-refractivity contribution < 1.29 is 13.9 Å². The molecule has 0 saturated carbocycles. The van der Waals surface area contributed by atoms with Crippen molar-refractivity contribution in [2.75, 3.05) is 6.61 Å². The average Bonchev–Trinajstić information content (AvgIpc) is 3.28. The number of rotatable bonds is 5.